The first-order valence-electron chi connectivity index (χ1n) is 10.6. The van der Waals surface area contributed by atoms with Gasteiger partial charge in [0.2, 0.25) is 11.8 Å². The van der Waals surface area contributed by atoms with Gasteiger partial charge in [-0.3, -0.25) is 9.69 Å². The van der Waals surface area contributed by atoms with E-state index < -0.39 is 0 Å². The fourth-order valence-electron chi connectivity index (χ4n) is 4.79. The third kappa shape index (κ3) is 4.05. The Morgan fingerprint density at radius 1 is 1.06 bits per heavy atom. The SMILES string of the molecule is Cc1nnc(C2CN(Cc3ccccc3)CC23CN(C(=O)COc2ccccc2)C3)o1. The number of likely N-dealkylation sites (tertiary alicyclic amines) is 2. The molecule has 7 nitrogen and oxygen atoms in total. The number of aryl methyl sites for hydroxylation is 1. The van der Waals surface area contributed by atoms with Crippen molar-refractivity contribution in [3.63, 3.8) is 0 Å². The van der Waals surface area contributed by atoms with Gasteiger partial charge >= 0.3 is 0 Å². The van der Waals surface area contributed by atoms with Gasteiger partial charge in [-0.05, 0) is 17.7 Å². The lowest BCUT2D eigenvalue weighted by Gasteiger charge is -2.50. The summed E-state index contributed by atoms with van der Waals surface area (Å²) in [5.74, 6) is 2.10. The molecule has 1 aromatic heterocycles. The second-order valence-corrected chi connectivity index (χ2v) is 8.58. The maximum atomic E-state index is 12.7. The molecule has 7 heteroatoms. The first-order chi connectivity index (χ1) is 15.1. The molecule has 0 N–H and O–H groups in total. The summed E-state index contributed by atoms with van der Waals surface area (Å²) >= 11 is 0. The quantitative estimate of drug-likeness (QED) is 0.613. The summed E-state index contributed by atoms with van der Waals surface area (Å²) in [5.41, 5.74) is 1.22. The highest BCUT2D eigenvalue weighted by Gasteiger charge is 2.57. The molecule has 5 rings (SSSR count). The molecule has 1 unspecified atom stereocenters. The van der Waals surface area contributed by atoms with Crippen molar-refractivity contribution in [1.82, 2.24) is 20.0 Å². The predicted octanol–water partition coefficient (Wildman–Crippen LogP) is 2.89. The molecule has 160 valence electrons. The number of hydrogen-bond acceptors (Lipinski definition) is 6. The van der Waals surface area contributed by atoms with Crippen LogP contribution in [-0.4, -0.2) is 58.7 Å². The van der Waals surface area contributed by atoms with E-state index >= 15 is 0 Å². The minimum Gasteiger partial charge on any atom is -0.484 e. The maximum absolute atomic E-state index is 12.7. The van der Waals surface area contributed by atoms with Crippen LogP contribution < -0.4 is 4.74 Å². The molecule has 0 aliphatic carbocycles. The lowest BCUT2D eigenvalue weighted by atomic mass is 9.71. The van der Waals surface area contributed by atoms with Gasteiger partial charge in [-0.15, -0.1) is 10.2 Å². The summed E-state index contributed by atoms with van der Waals surface area (Å²) in [6.45, 7) is 5.85. The van der Waals surface area contributed by atoms with E-state index in [0.29, 0.717) is 30.6 Å². The van der Waals surface area contributed by atoms with E-state index in [0.717, 1.165) is 19.6 Å². The van der Waals surface area contributed by atoms with E-state index in [-0.39, 0.29) is 23.8 Å². The van der Waals surface area contributed by atoms with Crippen molar-refractivity contribution >= 4 is 5.91 Å². The molecule has 3 aromatic rings. The number of ether oxygens (including phenoxy) is 1. The fraction of sp³-hybridized carbons (Fsp3) is 0.375. The standard InChI is InChI=1S/C24H26N4O3/c1-18-25-26-23(31-18)21-13-27(12-19-8-4-2-5-9-19)15-24(21)16-28(17-24)22(29)14-30-20-10-6-3-7-11-20/h2-11,21H,12-17H2,1H3. The van der Waals surface area contributed by atoms with Crippen molar-refractivity contribution < 1.29 is 13.9 Å². The lowest BCUT2D eigenvalue weighted by Crippen LogP contribution is -2.62. The van der Waals surface area contributed by atoms with Gasteiger partial charge in [0.1, 0.15) is 5.75 Å². The number of benzene rings is 2. The van der Waals surface area contributed by atoms with Gasteiger partial charge < -0.3 is 14.1 Å². The molecular formula is C24H26N4O3. The number of amides is 1. The number of aromatic nitrogens is 2. The third-order valence-corrected chi connectivity index (χ3v) is 6.28. The van der Waals surface area contributed by atoms with Gasteiger partial charge in [0.25, 0.3) is 5.91 Å². The van der Waals surface area contributed by atoms with Crippen LogP contribution in [0.4, 0.5) is 0 Å². The average Bonchev–Trinajstić information content (AvgIpc) is 3.36. The van der Waals surface area contributed by atoms with Crippen LogP contribution in [0.5, 0.6) is 5.75 Å². The summed E-state index contributed by atoms with van der Waals surface area (Å²) in [6.07, 6.45) is 0. The molecule has 2 aromatic carbocycles. The van der Waals surface area contributed by atoms with Crippen LogP contribution in [0.1, 0.15) is 23.3 Å². The van der Waals surface area contributed by atoms with Gasteiger partial charge in [-0.2, -0.15) is 0 Å². The number of para-hydroxylation sites is 1. The van der Waals surface area contributed by atoms with Crippen molar-refractivity contribution in [1.29, 1.82) is 0 Å². The second kappa shape index (κ2) is 8.15. The fourth-order valence-corrected chi connectivity index (χ4v) is 4.79. The Bertz CT molecular complexity index is 1030. The zero-order valence-electron chi connectivity index (χ0n) is 17.6. The summed E-state index contributed by atoms with van der Waals surface area (Å²) in [7, 11) is 0. The molecule has 1 amide bonds. The minimum absolute atomic E-state index is 0.0106. The minimum atomic E-state index is -0.0594. The van der Waals surface area contributed by atoms with E-state index in [1.165, 1.54) is 5.56 Å². The van der Waals surface area contributed by atoms with Gasteiger partial charge in [-0.1, -0.05) is 48.5 Å². The molecule has 2 fully saturated rings. The smallest absolute Gasteiger partial charge is 0.260 e. The first-order valence-corrected chi connectivity index (χ1v) is 10.6. The molecule has 1 atom stereocenters. The summed E-state index contributed by atoms with van der Waals surface area (Å²) in [4.78, 5) is 17.0. The van der Waals surface area contributed by atoms with E-state index in [9.17, 15) is 4.79 Å². The zero-order valence-corrected chi connectivity index (χ0v) is 17.6. The van der Waals surface area contributed by atoms with E-state index in [2.05, 4.69) is 39.4 Å². The number of hydrogen-bond donors (Lipinski definition) is 0. The lowest BCUT2D eigenvalue weighted by molar-refractivity contribution is -0.146. The van der Waals surface area contributed by atoms with Crippen LogP contribution in [0.2, 0.25) is 0 Å². The van der Waals surface area contributed by atoms with Crippen LogP contribution in [0, 0.1) is 12.3 Å². The third-order valence-electron chi connectivity index (χ3n) is 6.28. The summed E-state index contributed by atoms with van der Waals surface area (Å²) in [6, 6.07) is 19.9. The van der Waals surface area contributed by atoms with Crippen LogP contribution in [0.3, 0.4) is 0 Å². The highest BCUT2D eigenvalue weighted by molar-refractivity contribution is 5.79. The number of carbonyl (C=O) groups excluding carboxylic acids is 1. The molecule has 0 bridgehead atoms. The molecule has 2 aliphatic rings. The highest BCUT2D eigenvalue weighted by Crippen LogP contribution is 2.49. The Balaban J connectivity index is 1.26. The molecular weight excluding hydrogens is 392 g/mol. The van der Waals surface area contributed by atoms with Crippen LogP contribution in [-0.2, 0) is 11.3 Å². The van der Waals surface area contributed by atoms with Gasteiger partial charge in [0, 0.05) is 45.1 Å². The van der Waals surface area contributed by atoms with E-state index in [1.54, 1.807) is 0 Å². The molecule has 3 heterocycles. The molecule has 0 saturated carbocycles. The van der Waals surface area contributed by atoms with Crippen LogP contribution in [0.15, 0.2) is 65.1 Å². The molecule has 0 radical (unpaired) electrons. The largest absolute Gasteiger partial charge is 0.484 e. The van der Waals surface area contributed by atoms with Crippen molar-refractivity contribution in [3.8, 4) is 5.75 Å². The summed E-state index contributed by atoms with van der Waals surface area (Å²) in [5, 5.41) is 8.37. The van der Waals surface area contributed by atoms with Crippen LogP contribution >= 0.6 is 0 Å². The van der Waals surface area contributed by atoms with Crippen molar-refractivity contribution in [2.75, 3.05) is 32.8 Å². The molecule has 1 spiro atoms. The number of carbonyl (C=O) groups is 1. The van der Waals surface area contributed by atoms with Gasteiger partial charge in [-0.25, -0.2) is 0 Å². The first kappa shape index (κ1) is 19.8. The Labute approximate surface area is 181 Å². The number of rotatable bonds is 6. The normalized spacial score (nSPS) is 20.0. The van der Waals surface area contributed by atoms with Crippen LogP contribution in [0.25, 0.3) is 0 Å². The van der Waals surface area contributed by atoms with Crippen molar-refractivity contribution in [3.05, 3.63) is 78.0 Å². The molecule has 31 heavy (non-hydrogen) atoms. The van der Waals surface area contributed by atoms with Crippen molar-refractivity contribution in [2.24, 2.45) is 5.41 Å². The summed E-state index contributed by atoms with van der Waals surface area (Å²) < 4.78 is 11.5. The average molecular weight is 418 g/mol. The topological polar surface area (TPSA) is 71.7 Å². The second-order valence-electron chi connectivity index (χ2n) is 8.58. The Hall–Kier alpha value is -3.19. The Morgan fingerprint density at radius 3 is 2.45 bits per heavy atom. The highest BCUT2D eigenvalue weighted by atomic mass is 16.5. The number of nitrogens with zero attached hydrogens (tertiary/aromatic N) is 4. The monoisotopic (exact) mass is 418 g/mol. The Morgan fingerprint density at radius 2 is 1.77 bits per heavy atom. The molecule has 2 aliphatic heterocycles. The predicted molar refractivity (Wildman–Crippen MR) is 114 cm³/mol. The van der Waals surface area contributed by atoms with Gasteiger partial charge in [0.05, 0.1) is 5.92 Å². The molecule has 2 saturated heterocycles. The van der Waals surface area contributed by atoms with Gasteiger partial charge in [0.15, 0.2) is 6.61 Å². The Kier molecular flexibility index (Phi) is 5.19. The van der Waals surface area contributed by atoms with E-state index in [1.807, 2.05) is 48.2 Å². The van der Waals surface area contributed by atoms with E-state index in [4.69, 9.17) is 9.15 Å². The zero-order chi connectivity index (χ0) is 21.3. The maximum Gasteiger partial charge on any atom is 0.260 e. The van der Waals surface area contributed by atoms with Crippen molar-refractivity contribution in [2.45, 2.75) is 19.4 Å².